The van der Waals surface area contributed by atoms with Crippen molar-refractivity contribution in [2.75, 3.05) is 19.8 Å². The fourth-order valence-electron chi connectivity index (χ4n) is 2.52. The number of pyridine rings is 1. The van der Waals surface area contributed by atoms with Crippen LogP contribution in [0.5, 0.6) is 5.88 Å². The van der Waals surface area contributed by atoms with E-state index in [1.54, 1.807) is 0 Å². The van der Waals surface area contributed by atoms with Crippen LogP contribution in [0.3, 0.4) is 0 Å². The Morgan fingerprint density at radius 1 is 1.25 bits per heavy atom. The molecule has 4 heteroatoms. The zero-order chi connectivity index (χ0) is 13.8. The van der Waals surface area contributed by atoms with Gasteiger partial charge in [0, 0.05) is 30.7 Å². The standard InChI is InChI=1S/C16H20N2O2/c17-10-14-9-13-3-1-2-4-15(13)18-16(14)20-11-12-5-7-19-8-6-12/h1-4,9,12H,5-8,10-11,17H2. The number of nitrogens with zero attached hydrogens (tertiary/aromatic N) is 1. The number of para-hydroxylation sites is 1. The molecule has 1 fully saturated rings. The molecule has 4 nitrogen and oxygen atoms in total. The van der Waals surface area contributed by atoms with E-state index < -0.39 is 0 Å². The van der Waals surface area contributed by atoms with Crippen LogP contribution in [0.2, 0.25) is 0 Å². The predicted octanol–water partition coefficient (Wildman–Crippen LogP) is 2.50. The topological polar surface area (TPSA) is 57.4 Å². The lowest BCUT2D eigenvalue weighted by Gasteiger charge is -2.22. The van der Waals surface area contributed by atoms with Crippen LogP contribution in [-0.4, -0.2) is 24.8 Å². The molecule has 0 atom stereocenters. The number of hydrogen-bond acceptors (Lipinski definition) is 4. The van der Waals surface area contributed by atoms with Gasteiger partial charge in [-0.05, 0) is 30.9 Å². The van der Waals surface area contributed by atoms with E-state index >= 15 is 0 Å². The average Bonchev–Trinajstić information content (AvgIpc) is 2.53. The van der Waals surface area contributed by atoms with Crippen LogP contribution in [0.1, 0.15) is 18.4 Å². The molecule has 0 amide bonds. The maximum atomic E-state index is 5.93. The van der Waals surface area contributed by atoms with Gasteiger partial charge in [-0.25, -0.2) is 4.98 Å². The zero-order valence-electron chi connectivity index (χ0n) is 11.5. The molecule has 0 radical (unpaired) electrons. The molecule has 0 bridgehead atoms. The molecule has 1 aromatic carbocycles. The van der Waals surface area contributed by atoms with Gasteiger partial charge in [-0.2, -0.15) is 0 Å². The minimum absolute atomic E-state index is 0.445. The van der Waals surface area contributed by atoms with Gasteiger partial charge in [-0.1, -0.05) is 18.2 Å². The quantitative estimate of drug-likeness (QED) is 0.929. The molecule has 1 saturated heterocycles. The van der Waals surface area contributed by atoms with Crippen molar-refractivity contribution in [3.63, 3.8) is 0 Å². The molecule has 1 aliphatic rings. The molecule has 20 heavy (non-hydrogen) atoms. The fourth-order valence-corrected chi connectivity index (χ4v) is 2.52. The van der Waals surface area contributed by atoms with Crippen molar-refractivity contribution in [3.8, 4) is 5.88 Å². The van der Waals surface area contributed by atoms with E-state index in [0.717, 1.165) is 42.5 Å². The Labute approximate surface area is 118 Å². The van der Waals surface area contributed by atoms with Gasteiger partial charge in [0.05, 0.1) is 12.1 Å². The first-order chi connectivity index (χ1) is 9.86. The van der Waals surface area contributed by atoms with Gasteiger partial charge in [0.2, 0.25) is 5.88 Å². The Morgan fingerprint density at radius 3 is 2.85 bits per heavy atom. The molecule has 0 saturated carbocycles. The van der Waals surface area contributed by atoms with Gasteiger partial charge in [-0.3, -0.25) is 0 Å². The summed E-state index contributed by atoms with van der Waals surface area (Å²) in [4.78, 5) is 4.60. The molecule has 3 rings (SSSR count). The van der Waals surface area contributed by atoms with Gasteiger partial charge < -0.3 is 15.2 Å². The Balaban J connectivity index is 1.78. The van der Waals surface area contributed by atoms with Gasteiger partial charge in [0.25, 0.3) is 0 Å². The summed E-state index contributed by atoms with van der Waals surface area (Å²) in [7, 11) is 0. The SMILES string of the molecule is NCc1cc2ccccc2nc1OCC1CCOCC1. The molecule has 0 unspecified atom stereocenters. The third-order valence-electron chi connectivity index (χ3n) is 3.78. The molecule has 2 N–H and O–H groups in total. The lowest BCUT2D eigenvalue weighted by molar-refractivity contribution is 0.0489. The summed E-state index contributed by atoms with van der Waals surface area (Å²) in [6, 6.07) is 10.1. The van der Waals surface area contributed by atoms with E-state index in [9.17, 15) is 0 Å². The molecule has 2 aromatic rings. The first-order valence-electron chi connectivity index (χ1n) is 7.16. The number of aromatic nitrogens is 1. The van der Waals surface area contributed by atoms with Crippen LogP contribution in [0.25, 0.3) is 10.9 Å². The van der Waals surface area contributed by atoms with Crippen molar-refractivity contribution < 1.29 is 9.47 Å². The second-order valence-electron chi connectivity index (χ2n) is 5.22. The van der Waals surface area contributed by atoms with E-state index in [4.69, 9.17) is 15.2 Å². The van der Waals surface area contributed by atoms with Crippen LogP contribution < -0.4 is 10.5 Å². The fraction of sp³-hybridized carbons (Fsp3) is 0.438. The highest BCUT2D eigenvalue weighted by Crippen LogP contribution is 2.23. The minimum Gasteiger partial charge on any atom is -0.477 e. The van der Waals surface area contributed by atoms with Crippen LogP contribution in [-0.2, 0) is 11.3 Å². The Morgan fingerprint density at radius 2 is 2.05 bits per heavy atom. The highest BCUT2D eigenvalue weighted by molar-refractivity contribution is 5.80. The van der Waals surface area contributed by atoms with E-state index in [1.807, 2.05) is 24.3 Å². The lowest BCUT2D eigenvalue weighted by atomic mass is 10.0. The van der Waals surface area contributed by atoms with Crippen molar-refractivity contribution >= 4 is 10.9 Å². The van der Waals surface area contributed by atoms with Crippen molar-refractivity contribution in [1.29, 1.82) is 0 Å². The maximum Gasteiger partial charge on any atom is 0.218 e. The summed E-state index contributed by atoms with van der Waals surface area (Å²) < 4.78 is 11.3. The number of benzene rings is 1. The first kappa shape index (κ1) is 13.3. The van der Waals surface area contributed by atoms with Gasteiger partial charge in [0.15, 0.2) is 0 Å². The monoisotopic (exact) mass is 272 g/mol. The molecular weight excluding hydrogens is 252 g/mol. The summed E-state index contributed by atoms with van der Waals surface area (Å²) >= 11 is 0. The largest absolute Gasteiger partial charge is 0.477 e. The number of hydrogen-bond donors (Lipinski definition) is 1. The summed E-state index contributed by atoms with van der Waals surface area (Å²) in [6.07, 6.45) is 2.12. The number of rotatable bonds is 4. The maximum absolute atomic E-state index is 5.93. The summed E-state index contributed by atoms with van der Waals surface area (Å²) in [5.74, 6) is 1.24. The summed E-state index contributed by atoms with van der Waals surface area (Å²) in [6.45, 7) is 2.81. The minimum atomic E-state index is 0.445. The Hall–Kier alpha value is -1.65. The second-order valence-corrected chi connectivity index (χ2v) is 5.22. The van der Waals surface area contributed by atoms with E-state index in [1.165, 1.54) is 0 Å². The smallest absolute Gasteiger partial charge is 0.218 e. The van der Waals surface area contributed by atoms with Gasteiger partial charge >= 0.3 is 0 Å². The van der Waals surface area contributed by atoms with Gasteiger partial charge in [0.1, 0.15) is 0 Å². The average molecular weight is 272 g/mol. The van der Waals surface area contributed by atoms with Crippen LogP contribution in [0.15, 0.2) is 30.3 Å². The van der Waals surface area contributed by atoms with Crippen molar-refractivity contribution in [2.45, 2.75) is 19.4 Å². The van der Waals surface area contributed by atoms with Gasteiger partial charge in [-0.15, -0.1) is 0 Å². The second kappa shape index (κ2) is 6.20. The first-order valence-corrected chi connectivity index (χ1v) is 7.16. The highest BCUT2D eigenvalue weighted by Gasteiger charge is 2.16. The van der Waals surface area contributed by atoms with Crippen LogP contribution in [0, 0.1) is 5.92 Å². The normalized spacial score (nSPS) is 16.4. The van der Waals surface area contributed by atoms with E-state index in [2.05, 4.69) is 11.1 Å². The molecule has 106 valence electrons. The molecular formula is C16H20N2O2. The zero-order valence-corrected chi connectivity index (χ0v) is 11.5. The summed E-state index contributed by atoms with van der Waals surface area (Å²) in [5, 5.41) is 1.10. The molecule has 0 aliphatic carbocycles. The Bertz CT molecular complexity index is 580. The van der Waals surface area contributed by atoms with Crippen molar-refractivity contribution in [2.24, 2.45) is 11.7 Å². The molecule has 1 aromatic heterocycles. The molecule has 0 spiro atoms. The van der Waals surface area contributed by atoms with E-state index in [-0.39, 0.29) is 0 Å². The van der Waals surface area contributed by atoms with Crippen molar-refractivity contribution in [3.05, 3.63) is 35.9 Å². The number of nitrogens with two attached hydrogens (primary N) is 1. The van der Waals surface area contributed by atoms with Crippen molar-refractivity contribution in [1.82, 2.24) is 4.98 Å². The third kappa shape index (κ3) is 2.92. The lowest BCUT2D eigenvalue weighted by Crippen LogP contribution is -2.22. The third-order valence-corrected chi connectivity index (χ3v) is 3.78. The summed E-state index contributed by atoms with van der Waals surface area (Å²) in [5.41, 5.74) is 7.73. The Kier molecular flexibility index (Phi) is 4.14. The molecule has 2 heterocycles. The number of fused-ring (bicyclic) bond motifs is 1. The van der Waals surface area contributed by atoms with Crippen LogP contribution >= 0.6 is 0 Å². The van der Waals surface area contributed by atoms with Crippen LogP contribution in [0.4, 0.5) is 0 Å². The number of ether oxygens (including phenoxy) is 2. The molecule has 1 aliphatic heterocycles. The predicted molar refractivity (Wildman–Crippen MR) is 78.7 cm³/mol. The highest BCUT2D eigenvalue weighted by atomic mass is 16.5. The van der Waals surface area contributed by atoms with E-state index in [0.29, 0.717) is 24.9 Å².